The summed E-state index contributed by atoms with van der Waals surface area (Å²) in [5.41, 5.74) is 0. The van der Waals surface area contributed by atoms with Gasteiger partial charge in [0.1, 0.15) is 0 Å². The van der Waals surface area contributed by atoms with Gasteiger partial charge in [0.25, 0.3) is 0 Å². The molecule has 0 atom stereocenters. The van der Waals surface area contributed by atoms with Crippen LogP contribution in [0.3, 0.4) is 0 Å². The molecule has 1 aliphatic rings. The summed E-state index contributed by atoms with van der Waals surface area (Å²) in [4.78, 5) is 7.64. The van der Waals surface area contributed by atoms with Crippen molar-refractivity contribution in [3.05, 3.63) is 0 Å². The third kappa shape index (κ3) is 4.57. The van der Waals surface area contributed by atoms with Crippen molar-refractivity contribution < 1.29 is 0 Å². The number of hydrogen-bond donors (Lipinski definition) is 0. The minimum absolute atomic E-state index is 0.632. The van der Waals surface area contributed by atoms with Crippen LogP contribution in [0.2, 0.25) is 14.9 Å². The Morgan fingerprint density at radius 3 is 2.23 bits per heavy atom. The van der Waals surface area contributed by atoms with Gasteiger partial charge in [0.15, 0.2) is 0 Å². The molecule has 1 rings (SSSR count). The molecule has 0 saturated carbocycles. The van der Waals surface area contributed by atoms with Gasteiger partial charge in [0, 0.05) is 0 Å². The van der Waals surface area contributed by atoms with Gasteiger partial charge in [-0.3, -0.25) is 0 Å². The second kappa shape index (κ2) is 6.96. The van der Waals surface area contributed by atoms with E-state index in [4.69, 9.17) is 0 Å². The van der Waals surface area contributed by atoms with Crippen molar-refractivity contribution in [3.8, 4) is 0 Å². The molecule has 0 aromatic rings. The average Bonchev–Trinajstić information content (AvgIpc) is 2.65. The Morgan fingerprint density at radius 2 is 1.69 bits per heavy atom. The van der Waals surface area contributed by atoms with Gasteiger partial charge in [-0.1, -0.05) is 0 Å². The van der Waals surface area contributed by atoms with Gasteiger partial charge in [-0.15, -0.1) is 0 Å². The van der Waals surface area contributed by atoms with Crippen LogP contribution in [0.1, 0.15) is 33.1 Å². The van der Waals surface area contributed by atoms with E-state index in [-0.39, 0.29) is 0 Å². The molecule has 0 spiro atoms. The molecule has 13 heavy (non-hydrogen) atoms. The van der Waals surface area contributed by atoms with Gasteiger partial charge in [-0.05, 0) is 0 Å². The molecule has 0 N–H and O–H groups in total. The second-order valence-corrected chi connectivity index (χ2v) is 11.6. The van der Waals surface area contributed by atoms with Crippen molar-refractivity contribution in [2.45, 2.75) is 48.0 Å². The zero-order valence-corrected chi connectivity index (χ0v) is 11.8. The third-order valence-corrected chi connectivity index (χ3v) is 11.2. The molecule has 1 nitrogen and oxygen atoms in total. The summed E-state index contributed by atoms with van der Waals surface area (Å²) in [6.45, 7) is 8.41. The Morgan fingerprint density at radius 1 is 1.08 bits per heavy atom. The Bertz CT molecular complexity index is 115. The molecular weight excluding hydrogens is 216 g/mol. The van der Waals surface area contributed by atoms with E-state index >= 15 is 0 Å². The standard InChI is InChI=1S/C7H16N.C4H8.Ga/c1-4-7-8(5-2)6-3;1-3-4-2;/h1,4-7H2,2-3H3;1-4H2;. The van der Waals surface area contributed by atoms with Gasteiger partial charge in [0.05, 0.1) is 0 Å². The molecule has 0 bridgehead atoms. The fourth-order valence-electron chi connectivity index (χ4n) is 2.44. The first-order valence-electron chi connectivity index (χ1n) is 6.09. The first-order chi connectivity index (χ1) is 6.36. The monoisotopic (exact) mass is 239 g/mol. The molecule has 76 valence electrons. The Balaban J connectivity index is 1.98. The topological polar surface area (TPSA) is 3.24 Å². The predicted octanol–water partition coefficient (Wildman–Crippen LogP) is 3.01. The van der Waals surface area contributed by atoms with E-state index < -0.39 is 16.2 Å². The van der Waals surface area contributed by atoms with Crippen molar-refractivity contribution in [2.24, 2.45) is 0 Å². The number of nitrogens with zero attached hydrogens (tertiary/aromatic N) is 1. The van der Waals surface area contributed by atoms with Crippen LogP contribution < -0.4 is 0 Å². The van der Waals surface area contributed by atoms with E-state index in [0.29, 0.717) is 0 Å². The first kappa shape index (κ1) is 11.7. The van der Waals surface area contributed by atoms with E-state index in [9.17, 15) is 0 Å². The molecule has 0 aliphatic carbocycles. The SMILES string of the molecule is CCN(CC)CC[CH2][Ga]1[CH2]CC[CH2]1. The third-order valence-electron chi connectivity index (χ3n) is 3.46. The molecule has 0 unspecified atom stereocenters. The van der Waals surface area contributed by atoms with Crippen LogP contribution in [0.25, 0.3) is 0 Å². The van der Waals surface area contributed by atoms with Gasteiger partial charge < -0.3 is 0 Å². The van der Waals surface area contributed by atoms with E-state index in [1.807, 2.05) is 0 Å². The molecular formula is C11H24GaN. The summed E-state index contributed by atoms with van der Waals surface area (Å²) in [5.74, 6) is 0. The second-order valence-electron chi connectivity index (χ2n) is 4.32. The Hall–Kier alpha value is 0.596. The molecule has 1 aliphatic heterocycles. The van der Waals surface area contributed by atoms with Gasteiger partial charge >= 0.3 is 88.8 Å². The number of rotatable bonds is 6. The van der Waals surface area contributed by atoms with Crippen molar-refractivity contribution in [1.82, 2.24) is 4.90 Å². The summed E-state index contributed by atoms with van der Waals surface area (Å²) >= 11 is -0.632. The van der Waals surface area contributed by atoms with Crippen LogP contribution in [0.5, 0.6) is 0 Å². The normalized spacial score (nSPS) is 17.3. The molecule has 0 amide bonds. The van der Waals surface area contributed by atoms with E-state index in [2.05, 4.69) is 18.7 Å². The fraction of sp³-hybridized carbons (Fsp3) is 1.00. The van der Waals surface area contributed by atoms with Crippen molar-refractivity contribution in [3.63, 3.8) is 0 Å². The maximum atomic E-state index is 2.57. The van der Waals surface area contributed by atoms with Crippen molar-refractivity contribution in [2.75, 3.05) is 19.6 Å². The molecule has 2 heteroatoms. The maximum absolute atomic E-state index is 2.57. The van der Waals surface area contributed by atoms with E-state index in [0.717, 1.165) is 0 Å². The van der Waals surface area contributed by atoms with Crippen LogP contribution >= 0.6 is 0 Å². The zero-order valence-electron chi connectivity index (χ0n) is 9.39. The fourth-order valence-corrected chi connectivity index (χ4v) is 9.49. The van der Waals surface area contributed by atoms with Gasteiger partial charge in [0.2, 0.25) is 0 Å². The van der Waals surface area contributed by atoms with Crippen LogP contribution in [0.4, 0.5) is 0 Å². The number of hydrogen-bond acceptors (Lipinski definition) is 1. The summed E-state index contributed by atoms with van der Waals surface area (Å²) < 4.78 is 0. The van der Waals surface area contributed by atoms with Crippen LogP contribution in [-0.4, -0.2) is 40.8 Å². The summed E-state index contributed by atoms with van der Waals surface area (Å²) in [6.07, 6.45) is 4.66. The minimum atomic E-state index is -0.632. The molecule has 1 saturated heterocycles. The van der Waals surface area contributed by atoms with Crippen LogP contribution in [-0.2, 0) is 0 Å². The summed E-state index contributed by atoms with van der Waals surface area (Å²) in [7, 11) is 0. The van der Waals surface area contributed by atoms with E-state index in [1.165, 1.54) is 26.1 Å². The molecule has 1 heterocycles. The molecule has 0 aromatic heterocycles. The van der Waals surface area contributed by atoms with Crippen LogP contribution in [0.15, 0.2) is 0 Å². The Labute approximate surface area is 88.9 Å². The van der Waals surface area contributed by atoms with Crippen molar-refractivity contribution in [1.29, 1.82) is 0 Å². The van der Waals surface area contributed by atoms with Gasteiger partial charge in [-0.25, -0.2) is 0 Å². The molecule has 1 fully saturated rings. The van der Waals surface area contributed by atoms with E-state index in [1.54, 1.807) is 27.8 Å². The quantitative estimate of drug-likeness (QED) is 0.645. The average molecular weight is 240 g/mol. The zero-order chi connectivity index (χ0) is 9.52. The molecule has 0 radical (unpaired) electrons. The summed E-state index contributed by atoms with van der Waals surface area (Å²) in [5, 5.41) is 0. The summed E-state index contributed by atoms with van der Waals surface area (Å²) in [6, 6.07) is 0. The van der Waals surface area contributed by atoms with Gasteiger partial charge in [-0.2, -0.15) is 0 Å². The first-order valence-corrected chi connectivity index (χ1v) is 11.2. The Kier molecular flexibility index (Phi) is 6.25. The molecule has 0 aromatic carbocycles. The van der Waals surface area contributed by atoms with Crippen molar-refractivity contribution >= 4 is 16.2 Å². The van der Waals surface area contributed by atoms with Crippen LogP contribution in [0, 0.1) is 0 Å². The predicted molar refractivity (Wildman–Crippen MR) is 61.8 cm³/mol.